The summed E-state index contributed by atoms with van der Waals surface area (Å²) < 4.78 is 43.2. The molecular formula is C59H74F2N10O12. The number of primary amides is 1. The highest BCUT2D eigenvalue weighted by Gasteiger charge is 2.43. The number of anilines is 1. The van der Waals surface area contributed by atoms with Crippen molar-refractivity contribution in [3.05, 3.63) is 120 Å². The van der Waals surface area contributed by atoms with Crippen molar-refractivity contribution >= 4 is 53.3 Å². The quantitative estimate of drug-likeness (QED) is 0.0316. The number of nitrogens with zero attached hydrogens (tertiary/aromatic N) is 5. The Balaban J connectivity index is 0.976. The predicted octanol–water partition coefficient (Wildman–Crippen LogP) is 4.68. The summed E-state index contributed by atoms with van der Waals surface area (Å²) in [6.45, 7) is 5.69. The zero-order valence-corrected chi connectivity index (χ0v) is 46.8. The van der Waals surface area contributed by atoms with Crippen LogP contribution in [0.25, 0.3) is 11.3 Å². The number of rotatable bonds is 27. The number of unbranched alkanes of at least 4 members (excludes halogenated alkanes) is 2. The third-order valence-electron chi connectivity index (χ3n) is 14.9. The molecule has 0 radical (unpaired) electrons. The van der Waals surface area contributed by atoms with E-state index in [0.717, 1.165) is 28.7 Å². The lowest BCUT2D eigenvalue weighted by Gasteiger charge is -2.40. The molecule has 0 aliphatic carbocycles. The number of aromatic nitrogens is 2. The molecule has 22 nitrogen and oxygen atoms in total. The first-order chi connectivity index (χ1) is 39.8. The average Bonchev–Trinajstić information content (AvgIpc) is 3.55. The van der Waals surface area contributed by atoms with Crippen LogP contribution in [0.3, 0.4) is 0 Å². The first kappa shape index (κ1) is 62.5. The number of urea groups is 1. The molecule has 4 heterocycles. The minimum atomic E-state index is -1.49. The molecule has 2 fully saturated rings. The van der Waals surface area contributed by atoms with Crippen LogP contribution in [0, 0.1) is 29.4 Å². The number of benzene rings is 3. The summed E-state index contributed by atoms with van der Waals surface area (Å²) in [7, 11) is 0. The number of hydrogen-bond donors (Lipinski definition) is 7. The molecule has 8 N–H and O–H groups in total. The number of aliphatic hydroxyl groups is 2. The van der Waals surface area contributed by atoms with Crippen LogP contribution in [-0.2, 0) is 51.4 Å². The van der Waals surface area contributed by atoms with E-state index in [1.807, 2.05) is 30.3 Å². The summed E-state index contributed by atoms with van der Waals surface area (Å²) in [6.07, 6.45) is 3.60. The summed E-state index contributed by atoms with van der Waals surface area (Å²) in [5, 5.41) is 33.2. The summed E-state index contributed by atoms with van der Waals surface area (Å²) in [5.74, 6) is -5.37. The number of carbonyl (C=O) groups excluding carboxylic acids is 8. The predicted molar refractivity (Wildman–Crippen MR) is 299 cm³/mol. The monoisotopic (exact) mass is 1150 g/mol. The van der Waals surface area contributed by atoms with Crippen LogP contribution in [0.1, 0.15) is 95.1 Å². The van der Waals surface area contributed by atoms with Crippen molar-refractivity contribution in [2.75, 3.05) is 51.3 Å². The Kier molecular flexibility index (Phi) is 22.4. The van der Waals surface area contributed by atoms with E-state index in [1.54, 1.807) is 48.9 Å². The number of imide groups is 1. The van der Waals surface area contributed by atoms with Gasteiger partial charge in [0.25, 0.3) is 17.7 Å². The van der Waals surface area contributed by atoms with E-state index in [1.165, 1.54) is 28.9 Å². The molecule has 0 bridgehead atoms. The maximum absolute atomic E-state index is 15.4. The standard InChI is InChI=1S/C59H74F2N10O12/c1-36(2)52(67-49(74)14-8-5-9-26-70-50(75)21-22-51(70)76)56(78)66-46(13-10-25-63-58(62)80)55(77)64-43-18-15-39(16-19-43)35-83-59(81)69-31-41(48(73)34-69)32-71(57(79)37(3)72)53(40-23-27-82-28-24-40)54-65-47(44-29-42(60)17-20-45(44)61)33-68(54)30-38-11-6-4-7-12-38/h4,6-7,11-12,15-22,29,33,36-37,40-41,46,48,52-53,72-73H,5,8-10,13-14,23-28,30-32,34-35H2,1-3H3,(H,64,77)(H,66,78)(H,67,74)(H3,62,63,80)/t37-,41+,46?,48-,52+,53+/m1/s1. The molecule has 9 amide bonds. The Hall–Kier alpha value is -8.09. The second kappa shape index (κ2) is 29.8. The minimum Gasteiger partial charge on any atom is -0.445 e. The lowest BCUT2D eigenvalue weighted by atomic mass is 9.88. The molecule has 3 aromatic carbocycles. The van der Waals surface area contributed by atoms with Crippen molar-refractivity contribution in [2.45, 2.75) is 116 Å². The number of likely N-dealkylation sites (tertiary alicyclic amines) is 1. The van der Waals surface area contributed by atoms with Crippen LogP contribution in [0.2, 0.25) is 0 Å². The fourth-order valence-corrected chi connectivity index (χ4v) is 10.4. The van der Waals surface area contributed by atoms with E-state index in [4.69, 9.17) is 20.2 Å². The SMILES string of the molecule is CC(C)[C@H](NC(=O)CCCCCN1C(=O)C=CC1=O)C(=O)NC(CCCNC(N)=O)C(=O)Nc1ccc(COC(=O)N2C[C@@H](CN(C(=O)[C@@H](C)O)[C@H](c3nc(-c4cc(F)ccc4F)cn3Cc3ccccc3)C3CCOCC3)[C@H](O)C2)cc1. The molecule has 1 unspecified atom stereocenters. The van der Waals surface area contributed by atoms with Gasteiger partial charge in [-0.15, -0.1) is 0 Å². The van der Waals surface area contributed by atoms with Crippen molar-refractivity contribution in [1.82, 2.24) is 40.2 Å². The first-order valence-electron chi connectivity index (χ1n) is 28.0. The Labute approximate surface area is 480 Å². The summed E-state index contributed by atoms with van der Waals surface area (Å²) in [6, 6.07) is 15.2. The Morgan fingerprint density at radius 2 is 1.58 bits per heavy atom. The van der Waals surface area contributed by atoms with Gasteiger partial charge < -0.3 is 61.1 Å². The lowest BCUT2D eigenvalue weighted by molar-refractivity contribution is -0.146. The van der Waals surface area contributed by atoms with Gasteiger partial charge in [-0.3, -0.25) is 33.7 Å². The lowest BCUT2D eigenvalue weighted by Crippen LogP contribution is -2.54. The van der Waals surface area contributed by atoms with Gasteiger partial charge in [-0.2, -0.15) is 0 Å². The number of carbonyl (C=O) groups is 8. The van der Waals surface area contributed by atoms with Crippen molar-refractivity contribution in [3.8, 4) is 11.3 Å². The molecule has 24 heteroatoms. The molecule has 0 spiro atoms. The van der Waals surface area contributed by atoms with Crippen LogP contribution in [0.5, 0.6) is 0 Å². The number of ether oxygens (including phenoxy) is 2. The fourth-order valence-electron chi connectivity index (χ4n) is 10.4. The number of imidazole rings is 1. The van der Waals surface area contributed by atoms with Crippen LogP contribution in [0.4, 0.5) is 24.1 Å². The number of halogens is 2. The summed E-state index contributed by atoms with van der Waals surface area (Å²) >= 11 is 0. The number of nitrogens with one attached hydrogen (secondary N) is 4. The van der Waals surface area contributed by atoms with Gasteiger partial charge in [-0.05, 0) is 98.7 Å². The summed E-state index contributed by atoms with van der Waals surface area (Å²) in [5.41, 5.74) is 7.03. The molecule has 446 valence electrons. The second-order valence-electron chi connectivity index (χ2n) is 21.5. The second-order valence-corrected chi connectivity index (χ2v) is 21.5. The zero-order chi connectivity index (χ0) is 59.7. The van der Waals surface area contributed by atoms with Gasteiger partial charge in [0.05, 0.1) is 24.4 Å². The fraction of sp³-hybridized carbons (Fsp3) is 0.475. The van der Waals surface area contributed by atoms with Gasteiger partial charge in [0.15, 0.2) is 0 Å². The van der Waals surface area contributed by atoms with Crippen LogP contribution in [0.15, 0.2) is 91.1 Å². The van der Waals surface area contributed by atoms with Gasteiger partial charge in [0, 0.05) is 87.9 Å². The van der Waals surface area contributed by atoms with Crippen molar-refractivity contribution in [1.29, 1.82) is 0 Å². The maximum Gasteiger partial charge on any atom is 0.410 e. The van der Waals surface area contributed by atoms with E-state index in [9.17, 15) is 53.0 Å². The van der Waals surface area contributed by atoms with E-state index < -0.39 is 83.6 Å². The molecule has 7 rings (SSSR count). The highest BCUT2D eigenvalue weighted by Crippen LogP contribution is 2.39. The van der Waals surface area contributed by atoms with E-state index >= 15 is 4.39 Å². The van der Waals surface area contributed by atoms with Crippen LogP contribution < -0.4 is 27.0 Å². The third-order valence-corrected chi connectivity index (χ3v) is 14.9. The number of amides is 9. The van der Waals surface area contributed by atoms with Crippen molar-refractivity contribution in [3.63, 3.8) is 0 Å². The largest absolute Gasteiger partial charge is 0.445 e. The highest BCUT2D eigenvalue weighted by atomic mass is 19.1. The number of aliphatic hydroxyl groups excluding tert-OH is 2. The topological polar surface area (TPSA) is 297 Å². The van der Waals surface area contributed by atoms with Crippen LogP contribution >= 0.6 is 0 Å². The van der Waals surface area contributed by atoms with E-state index in [-0.39, 0.29) is 100 Å². The van der Waals surface area contributed by atoms with Gasteiger partial charge in [0.2, 0.25) is 17.7 Å². The Bertz CT molecular complexity index is 2940. The smallest absolute Gasteiger partial charge is 0.410 e. The maximum atomic E-state index is 15.4. The molecule has 1 aromatic heterocycles. The Morgan fingerprint density at radius 1 is 0.867 bits per heavy atom. The van der Waals surface area contributed by atoms with E-state index in [2.05, 4.69) is 21.3 Å². The first-order valence-corrected chi connectivity index (χ1v) is 28.0. The van der Waals surface area contributed by atoms with Crippen molar-refractivity contribution < 1.29 is 66.8 Å². The molecule has 83 heavy (non-hydrogen) atoms. The minimum absolute atomic E-state index is 0.0268. The van der Waals surface area contributed by atoms with Gasteiger partial charge in [-0.25, -0.2) is 23.4 Å². The molecule has 4 aromatic rings. The molecular weight excluding hydrogens is 1080 g/mol. The molecule has 3 aliphatic rings. The van der Waals surface area contributed by atoms with Gasteiger partial charge in [0.1, 0.15) is 42.3 Å². The highest BCUT2D eigenvalue weighted by molar-refractivity contribution is 6.12. The summed E-state index contributed by atoms with van der Waals surface area (Å²) in [4.78, 5) is 112. The third kappa shape index (κ3) is 17.5. The molecule has 0 saturated carbocycles. The van der Waals surface area contributed by atoms with Gasteiger partial charge in [-0.1, -0.05) is 62.7 Å². The molecule has 3 aliphatic heterocycles. The van der Waals surface area contributed by atoms with E-state index in [0.29, 0.717) is 62.4 Å². The number of β-amino-alcohol motifs (C(OH)–C–C–N with tert-alkyl or cyclic N) is 1. The van der Waals surface area contributed by atoms with Gasteiger partial charge >= 0.3 is 12.1 Å². The van der Waals surface area contributed by atoms with Crippen molar-refractivity contribution in [2.24, 2.45) is 23.5 Å². The number of nitrogens with two attached hydrogens (primary N) is 1. The normalized spacial score (nSPS) is 17.7. The Morgan fingerprint density at radius 3 is 2.25 bits per heavy atom. The van der Waals surface area contributed by atoms with Crippen LogP contribution in [-0.4, -0.2) is 152 Å². The zero-order valence-electron chi connectivity index (χ0n) is 46.8. The molecule has 2 saturated heterocycles. The average molecular weight is 1150 g/mol. The number of hydrogen-bond acceptors (Lipinski definition) is 13. The molecule has 6 atom stereocenters.